The molecule has 1 aliphatic rings. The lowest BCUT2D eigenvalue weighted by Gasteiger charge is -2.25. The van der Waals surface area contributed by atoms with Crippen molar-refractivity contribution in [2.24, 2.45) is 0 Å². The van der Waals surface area contributed by atoms with Gasteiger partial charge in [-0.1, -0.05) is 53.2 Å². The van der Waals surface area contributed by atoms with E-state index in [1.54, 1.807) is 42.5 Å². The molecule has 3 N–H and O–H groups in total. The molecule has 1 heterocycles. The number of esters is 1. The van der Waals surface area contributed by atoms with Gasteiger partial charge in [-0.3, -0.25) is 19.2 Å². The molecule has 1 fully saturated rings. The summed E-state index contributed by atoms with van der Waals surface area (Å²) < 4.78 is 4.85. The van der Waals surface area contributed by atoms with Crippen molar-refractivity contribution in [3.63, 3.8) is 0 Å². The van der Waals surface area contributed by atoms with Crippen LogP contribution in [0.4, 0.5) is 10.5 Å². The quantitative estimate of drug-likeness (QED) is 0.340. The van der Waals surface area contributed by atoms with Gasteiger partial charge in [0.05, 0.1) is 22.7 Å². The van der Waals surface area contributed by atoms with Crippen molar-refractivity contribution in [3.05, 3.63) is 63.6 Å². The molecule has 1 saturated heterocycles. The predicted octanol–water partition coefficient (Wildman–Crippen LogP) is 3.85. The second-order valence-electron chi connectivity index (χ2n) is 8.32. The fourth-order valence-corrected chi connectivity index (χ4v) is 5.37. The zero-order valence-corrected chi connectivity index (χ0v) is 22.6. The van der Waals surface area contributed by atoms with E-state index in [1.165, 1.54) is 12.0 Å². The van der Waals surface area contributed by atoms with Crippen molar-refractivity contribution >= 4 is 69.6 Å². The van der Waals surface area contributed by atoms with E-state index in [1.807, 2.05) is 0 Å². The highest BCUT2D eigenvalue weighted by Gasteiger charge is 2.38. The fourth-order valence-electron chi connectivity index (χ4n) is 3.79. The molecule has 202 valence electrons. The number of hydrogen-bond donors (Lipinski definition) is 3. The number of carboxylic acids is 1. The number of halogens is 2. The number of nitrogens with zero attached hydrogens (tertiary/aromatic N) is 1. The van der Waals surface area contributed by atoms with Crippen LogP contribution < -0.4 is 10.6 Å². The highest BCUT2D eigenvalue weighted by molar-refractivity contribution is 8.13. The number of carbonyl (C=O) groups is 5. The Morgan fingerprint density at radius 3 is 2.39 bits per heavy atom. The SMILES string of the molecule is COC(=O)[C@H](Cc1ccc(NC(=O)c2c(Cl)cccc2Cl)cc1)NC(=O)[C@@H]1CSC(=O)N1CCCC(=O)O. The Kier molecular flexibility index (Phi) is 10.4. The molecule has 2 aromatic rings. The Morgan fingerprint density at radius 1 is 1.13 bits per heavy atom. The van der Waals surface area contributed by atoms with E-state index < -0.39 is 35.8 Å². The van der Waals surface area contributed by atoms with E-state index in [2.05, 4.69) is 10.6 Å². The van der Waals surface area contributed by atoms with Crippen molar-refractivity contribution in [2.75, 3.05) is 24.7 Å². The number of thioether (sulfide) groups is 1. The summed E-state index contributed by atoms with van der Waals surface area (Å²) in [6.45, 7) is 0.117. The minimum absolute atomic E-state index is 0.0931. The van der Waals surface area contributed by atoms with Crippen LogP contribution in [0.25, 0.3) is 0 Å². The third kappa shape index (κ3) is 7.62. The predicted molar refractivity (Wildman–Crippen MR) is 144 cm³/mol. The maximum absolute atomic E-state index is 13.0. The van der Waals surface area contributed by atoms with Gasteiger partial charge in [0.25, 0.3) is 11.1 Å². The normalized spacial score (nSPS) is 15.6. The molecule has 3 amide bonds. The van der Waals surface area contributed by atoms with Crippen LogP contribution >= 0.6 is 35.0 Å². The number of ether oxygens (including phenoxy) is 1. The van der Waals surface area contributed by atoms with Gasteiger partial charge in [-0.15, -0.1) is 0 Å². The Hall–Kier alpha value is -3.28. The molecule has 0 aromatic heterocycles. The molecule has 2 aromatic carbocycles. The van der Waals surface area contributed by atoms with E-state index >= 15 is 0 Å². The second kappa shape index (κ2) is 13.5. The van der Waals surface area contributed by atoms with Gasteiger partial charge in [0, 0.05) is 30.8 Å². The average molecular weight is 582 g/mol. The molecule has 1 aliphatic heterocycles. The van der Waals surface area contributed by atoms with Crippen LogP contribution in [0.2, 0.25) is 10.0 Å². The van der Waals surface area contributed by atoms with Gasteiger partial charge in [0.15, 0.2) is 0 Å². The van der Waals surface area contributed by atoms with Crippen molar-refractivity contribution < 1.29 is 33.8 Å². The number of methoxy groups -OCH3 is 1. The van der Waals surface area contributed by atoms with Crippen LogP contribution in [-0.4, -0.2) is 70.5 Å². The minimum Gasteiger partial charge on any atom is -0.481 e. The molecule has 0 saturated carbocycles. The smallest absolute Gasteiger partial charge is 0.328 e. The largest absolute Gasteiger partial charge is 0.481 e. The standard InChI is InChI=1S/C25H25Cl2N3O7S/c1-37-24(35)18(29-22(33)19-13-38-25(36)30(19)11-3-6-20(31)32)12-14-7-9-15(10-8-14)28-23(34)21-16(26)4-2-5-17(21)27/h2,4-5,7-10,18-19H,3,6,11-13H2,1H3,(H,28,34)(H,29,33)(H,31,32)/t18-,19-/m0/s1. The number of anilines is 1. The Labute approximate surface area is 233 Å². The topological polar surface area (TPSA) is 142 Å². The Morgan fingerprint density at radius 2 is 1.79 bits per heavy atom. The summed E-state index contributed by atoms with van der Waals surface area (Å²) in [7, 11) is 1.20. The third-order valence-corrected chi connectivity index (χ3v) is 7.31. The maximum Gasteiger partial charge on any atom is 0.328 e. The molecule has 0 unspecified atom stereocenters. The van der Waals surface area contributed by atoms with Gasteiger partial charge in [0.2, 0.25) is 5.91 Å². The highest BCUT2D eigenvalue weighted by Crippen LogP contribution is 2.26. The summed E-state index contributed by atoms with van der Waals surface area (Å²) in [5, 5.41) is 14.3. The van der Waals surface area contributed by atoms with E-state index in [0.29, 0.717) is 11.3 Å². The monoisotopic (exact) mass is 581 g/mol. The third-order valence-electron chi connectivity index (χ3n) is 5.71. The van der Waals surface area contributed by atoms with E-state index in [9.17, 15) is 24.0 Å². The van der Waals surface area contributed by atoms with Crippen LogP contribution in [0.15, 0.2) is 42.5 Å². The molecule has 10 nitrogen and oxygen atoms in total. The summed E-state index contributed by atoms with van der Waals surface area (Å²) in [5.41, 5.74) is 1.28. The molecule has 38 heavy (non-hydrogen) atoms. The van der Waals surface area contributed by atoms with E-state index in [4.69, 9.17) is 33.0 Å². The number of carboxylic acid groups (broad SMARTS) is 1. The van der Waals surface area contributed by atoms with Gasteiger partial charge in [0.1, 0.15) is 12.1 Å². The lowest BCUT2D eigenvalue weighted by Crippen LogP contribution is -2.52. The van der Waals surface area contributed by atoms with E-state index in [-0.39, 0.29) is 52.4 Å². The number of carbonyl (C=O) groups excluding carboxylic acids is 4. The van der Waals surface area contributed by atoms with Crippen molar-refractivity contribution in [3.8, 4) is 0 Å². The van der Waals surface area contributed by atoms with Crippen LogP contribution in [0, 0.1) is 0 Å². The summed E-state index contributed by atoms with van der Waals surface area (Å²) >= 11 is 13.1. The molecule has 3 rings (SSSR count). The summed E-state index contributed by atoms with van der Waals surface area (Å²) in [6.07, 6.45) is 0.169. The number of benzene rings is 2. The van der Waals surface area contributed by atoms with Gasteiger partial charge >= 0.3 is 11.9 Å². The number of amides is 3. The van der Waals surface area contributed by atoms with Crippen LogP contribution in [-0.2, 0) is 25.5 Å². The van der Waals surface area contributed by atoms with Gasteiger partial charge in [-0.25, -0.2) is 4.79 Å². The van der Waals surface area contributed by atoms with Crippen molar-refractivity contribution in [1.82, 2.24) is 10.2 Å². The molecular formula is C25H25Cl2N3O7S. The van der Waals surface area contributed by atoms with Crippen LogP contribution in [0.3, 0.4) is 0 Å². The molecule has 2 atom stereocenters. The van der Waals surface area contributed by atoms with E-state index in [0.717, 1.165) is 11.8 Å². The summed E-state index contributed by atoms with van der Waals surface area (Å²) in [4.78, 5) is 62.3. The lowest BCUT2D eigenvalue weighted by molar-refractivity contribution is -0.145. The molecular weight excluding hydrogens is 557 g/mol. The average Bonchev–Trinajstić information content (AvgIpc) is 3.24. The molecule has 0 aliphatic carbocycles. The van der Waals surface area contributed by atoms with Crippen LogP contribution in [0.1, 0.15) is 28.8 Å². The highest BCUT2D eigenvalue weighted by atomic mass is 35.5. The number of nitrogens with one attached hydrogen (secondary N) is 2. The first-order chi connectivity index (χ1) is 18.1. The Balaban J connectivity index is 1.65. The maximum atomic E-state index is 13.0. The first kappa shape index (κ1) is 29.3. The van der Waals surface area contributed by atoms with Gasteiger partial charge in [-0.05, 0) is 36.2 Å². The molecule has 0 bridgehead atoms. The minimum atomic E-state index is -1.03. The number of hydrogen-bond acceptors (Lipinski definition) is 7. The van der Waals surface area contributed by atoms with Crippen molar-refractivity contribution in [2.45, 2.75) is 31.3 Å². The molecule has 0 radical (unpaired) electrons. The lowest BCUT2D eigenvalue weighted by atomic mass is 10.0. The summed E-state index contributed by atoms with van der Waals surface area (Å²) in [6, 6.07) is 9.50. The van der Waals surface area contributed by atoms with Crippen LogP contribution in [0.5, 0.6) is 0 Å². The Bertz CT molecular complexity index is 1210. The fraction of sp³-hybridized carbons (Fsp3) is 0.320. The number of aliphatic carboxylic acids is 1. The van der Waals surface area contributed by atoms with Crippen molar-refractivity contribution in [1.29, 1.82) is 0 Å². The number of rotatable bonds is 11. The zero-order valence-electron chi connectivity index (χ0n) is 20.2. The molecule has 13 heteroatoms. The molecule has 0 spiro atoms. The zero-order chi connectivity index (χ0) is 27.8. The summed E-state index contributed by atoms with van der Waals surface area (Å²) in [5.74, 6) is -2.48. The van der Waals surface area contributed by atoms with Gasteiger partial charge < -0.3 is 25.4 Å². The van der Waals surface area contributed by atoms with Gasteiger partial charge in [-0.2, -0.15) is 0 Å². The first-order valence-corrected chi connectivity index (χ1v) is 13.2. The second-order valence-corrected chi connectivity index (χ2v) is 10.1. The first-order valence-electron chi connectivity index (χ1n) is 11.5.